The van der Waals surface area contributed by atoms with Gasteiger partial charge < -0.3 is 14.8 Å². The van der Waals surface area contributed by atoms with Crippen LogP contribution in [0.25, 0.3) is 6.08 Å². The number of nitrogens with one attached hydrogen (secondary N) is 1. The summed E-state index contributed by atoms with van der Waals surface area (Å²) >= 11 is 0.751. The number of amides is 3. The van der Waals surface area contributed by atoms with E-state index in [0.717, 1.165) is 36.1 Å². The van der Waals surface area contributed by atoms with E-state index in [2.05, 4.69) is 5.32 Å². The molecule has 2 aromatic rings. The predicted octanol–water partition coefficient (Wildman–Crippen LogP) is 3.85. The molecular weight excluding hydrogens is 447 g/mol. The van der Waals surface area contributed by atoms with E-state index in [1.54, 1.807) is 36.4 Å². The number of carbonyl (C=O) groups excluding carboxylic acids is 3. The van der Waals surface area contributed by atoms with Crippen LogP contribution in [0.5, 0.6) is 5.75 Å². The normalized spacial score (nSPS) is 19.4. The number of nitrogens with zero attached hydrogens (tertiary/aromatic N) is 1. The second kappa shape index (κ2) is 10.6. The molecule has 7 nitrogen and oxygen atoms in total. The third-order valence-electron chi connectivity index (χ3n) is 5.24. The average molecular weight is 471 g/mol. The molecule has 2 aromatic carbocycles. The Balaban J connectivity index is 1.29. The SMILES string of the molecule is O=C(NCCN1C(=O)S/C(=C\c2ccccc2F)C1=O)c1cccc(OCC2CCCO2)c1. The molecule has 2 fully saturated rings. The van der Waals surface area contributed by atoms with Crippen LogP contribution < -0.4 is 10.1 Å². The maximum absolute atomic E-state index is 13.8. The van der Waals surface area contributed by atoms with Crippen molar-refractivity contribution < 1.29 is 28.2 Å². The maximum Gasteiger partial charge on any atom is 0.293 e. The first-order valence-corrected chi connectivity index (χ1v) is 11.5. The summed E-state index contributed by atoms with van der Waals surface area (Å²) in [6, 6.07) is 12.8. The monoisotopic (exact) mass is 470 g/mol. The minimum Gasteiger partial charge on any atom is -0.491 e. The van der Waals surface area contributed by atoms with Gasteiger partial charge in [0.15, 0.2) is 0 Å². The van der Waals surface area contributed by atoms with Gasteiger partial charge in [-0.1, -0.05) is 24.3 Å². The molecule has 1 atom stereocenters. The summed E-state index contributed by atoms with van der Waals surface area (Å²) in [5, 5.41) is 2.25. The fourth-order valence-corrected chi connectivity index (χ4v) is 4.36. The fraction of sp³-hybridized carbons (Fsp3) is 0.292. The zero-order chi connectivity index (χ0) is 23.2. The smallest absolute Gasteiger partial charge is 0.293 e. The quantitative estimate of drug-likeness (QED) is 0.590. The van der Waals surface area contributed by atoms with Gasteiger partial charge in [0.2, 0.25) is 0 Å². The highest BCUT2D eigenvalue weighted by Crippen LogP contribution is 2.32. The molecule has 172 valence electrons. The number of thioether (sulfide) groups is 1. The number of ether oxygens (including phenoxy) is 2. The summed E-state index contributed by atoms with van der Waals surface area (Å²) in [6.45, 7) is 1.28. The van der Waals surface area contributed by atoms with Gasteiger partial charge in [-0.05, 0) is 54.9 Å². The Morgan fingerprint density at radius 3 is 2.88 bits per heavy atom. The van der Waals surface area contributed by atoms with Crippen LogP contribution in [0.2, 0.25) is 0 Å². The van der Waals surface area contributed by atoms with Crippen molar-refractivity contribution in [2.45, 2.75) is 18.9 Å². The van der Waals surface area contributed by atoms with Crippen molar-refractivity contribution in [1.82, 2.24) is 10.2 Å². The van der Waals surface area contributed by atoms with Crippen molar-refractivity contribution in [3.05, 3.63) is 70.4 Å². The third kappa shape index (κ3) is 5.80. The van der Waals surface area contributed by atoms with E-state index in [4.69, 9.17) is 9.47 Å². The van der Waals surface area contributed by atoms with Crippen molar-refractivity contribution in [3.63, 3.8) is 0 Å². The standard InChI is InChI=1S/C24H23FN2O5S/c25-20-9-2-1-5-16(20)14-21-23(29)27(24(30)33-21)11-10-26-22(28)17-6-3-7-18(13-17)32-15-19-8-4-12-31-19/h1-3,5-7,9,13-14,19H,4,8,10-12,15H2,(H,26,28)/b21-14-. The van der Waals surface area contributed by atoms with Crippen molar-refractivity contribution in [2.24, 2.45) is 0 Å². The van der Waals surface area contributed by atoms with Crippen molar-refractivity contribution in [3.8, 4) is 5.75 Å². The molecule has 1 N–H and O–H groups in total. The number of imide groups is 1. The van der Waals surface area contributed by atoms with Crippen molar-refractivity contribution in [2.75, 3.05) is 26.3 Å². The van der Waals surface area contributed by atoms with Crippen molar-refractivity contribution >= 4 is 34.9 Å². The van der Waals surface area contributed by atoms with Crippen LogP contribution in [-0.2, 0) is 9.53 Å². The molecule has 2 saturated heterocycles. The molecule has 0 aromatic heterocycles. The lowest BCUT2D eigenvalue weighted by molar-refractivity contribution is -0.122. The summed E-state index contributed by atoms with van der Waals surface area (Å²) in [5.74, 6) is -0.751. The molecule has 0 aliphatic carbocycles. The van der Waals surface area contributed by atoms with Crippen LogP contribution in [0.4, 0.5) is 9.18 Å². The van der Waals surface area contributed by atoms with E-state index in [0.29, 0.717) is 17.9 Å². The lowest BCUT2D eigenvalue weighted by atomic mass is 10.2. The minimum absolute atomic E-state index is 0.0141. The molecule has 4 rings (SSSR count). The van der Waals surface area contributed by atoms with Gasteiger partial charge in [-0.25, -0.2) is 4.39 Å². The van der Waals surface area contributed by atoms with Crippen LogP contribution >= 0.6 is 11.8 Å². The summed E-state index contributed by atoms with van der Waals surface area (Å²) in [6.07, 6.45) is 3.43. The maximum atomic E-state index is 13.8. The number of carbonyl (C=O) groups is 3. The van der Waals surface area contributed by atoms with E-state index in [1.165, 1.54) is 18.2 Å². The number of benzene rings is 2. The summed E-state index contributed by atoms with van der Waals surface area (Å²) in [4.78, 5) is 38.5. The van der Waals surface area contributed by atoms with E-state index in [-0.39, 0.29) is 35.6 Å². The number of rotatable bonds is 8. The highest BCUT2D eigenvalue weighted by Gasteiger charge is 2.34. The molecule has 2 heterocycles. The second-order valence-corrected chi connectivity index (χ2v) is 8.58. The number of hydrogen-bond donors (Lipinski definition) is 1. The zero-order valence-electron chi connectivity index (χ0n) is 17.8. The van der Waals surface area contributed by atoms with Crippen molar-refractivity contribution in [1.29, 1.82) is 0 Å². The van der Waals surface area contributed by atoms with Crippen LogP contribution in [0, 0.1) is 5.82 Å². The van der Waals surface area contributed by atoms with Crippen LogP contribution in [0.1, 0.15) is 28.8 Å². The molecule has 1 unspecified atom stereocenters. The highest BCUT2D eigenvalue weighted by molar-refractivity contribution is 8.18. The number of hydrogen-bond acceptors (Lipinski definition) is 6. The topological polar surface area (TPSA) is 84.9 Å². The first-order valence-electron chi connectivity index (χ1n) is 10.6. The van der Waals surface area contributed by atoms with Gasteiger partial charge >= 0.3 is 0 Å². The first-order chi connectivity index (χ1) is 16.0. The fourth-order valence-electron chi connectivity index (χ4n) is 3.50. The molecule has 33 heavy (non-hydrogen) atoms. The molecular formula is C24H23FN2O5S. The molecule has 2 aliphatic rings. The van der Waals surface area contributed by atoms with Crippen LogP contribution in [0.3, 0.4) is 0 Å². The van der Waals surface area contributed by atoms with Crippen LogP contribution in [0.15, 0.2) is 53.4 Å². The summed E-state index contributed by atoms with van der Waals surface area (Å²) in [5.41, 5.74) is 0.645. The average Bonchev–Trinajstić information content (AvgIpc) is 3.43. The van der Waals surface area contributed by atoms with Gasteiger partial charge in [-0.15, -0.1) is 0 Å². The molecule has 0 radical (unpaired) electrons. The molecule has 0 bridgehead atoms. The van der Waals surface area contributed by atoms with E-state index in [1.807, 2.05) is 0 Å². The van der Waals surface area contributed by atoms with Gasteiger partial charge in [0, 0.05) is 30.8 Å². The predicted molar refractivity (Wildman–Crippen MR) is 122 cm³/mol. The van der Waals surface area contributed by atoms with Gasteiger partial charge in [-0.2, -0.15) is 0 Å². The zero-order valence-corrected chi connectivity index (χ0v) is 18.6. The molecule has 9 heteroatoms. The Kier molecular flexibility index (Phi) is 7.41. The van der Waals surface area contributed by atoms with Gasteiger partial charge in [0.1, 0.15) is 18.2 Å². The van der Waals surface area contributed by atoms with E-state index in [9.17, 15) is 18.8 Å². The summed E-state index contributed by atoms with van der Waals surface area (Å²) < 4.78 is 25.1. The van der Waals surface area contributed by atoms with E-state index < -0.39 is 17.0 Å². The molecule has 3 amide bonds. The minimum atomic E-state index is -0.507. The summed E-state index contributed by atoms with van der Waals surface area (Å²) in [7, 11) is 0. The first kappa shape index (κ1) is 23.0. The Morgan fingerprint density at radius 2 is 2.09 bits per heavy atom. The molecule has 0 saturated carbocycles. The molecule has 2 aliphatic heterocycles. The van der Waals surface area contributed by atoms with Gasteiger partial charge in [-0.3, -0.25) is 19.3 Å². The Labute approximate surface area is 194 Å². The molecule has 0 spiro atoms. The Hall–Kier alpha value is -3.17. The van der Waals surface area contributed by atoms with Crippen LogP contribution in [-0.4, -0.2) is 54.4 Å². The largest absolute Gasteiger partial charge is 0.491 e. The van der Waals surface area contributed by atoms with Gasteiger partial charge in [0.25, 0.3) is 17.1 Å². The number of halogens is 1. The lowest BCUT2D eigenvalue weighted by Crippen LogP contribution is -2.37. The second-order valence-electron chi connectivity index (χ2n) is 7.58. The lowest BCUT2D eigenvalue weighted by Gasteiger charge is -2.14. The highest BCUT2D eigenvalue weighted by atomic mass is 32.2. The Morgan fingerprint density at radius 1 is 1.24 bits per heavy atom. The third-order valence-corrected chi connectivity index (χ3v) is 6.15. The van der Waals surface area contributed by atoms with Gasteiger partial charge in [0.05, 0.1) is 11.0 Å². The Bertz CT molecular complexity index is 1080. The van der Waals surface area contributed by atoms with E-state index >= 15 is 0 Å².